The van der Waals surface area contributed by atoms with Crippen molar-refractivity contribution in [3.8, 4) is 0 Å². The standard InChI is InChI=1S/C33H23BN2S/c1-3-13-23(14-4-1)35-27-19-9-8-18-26(27)34-31-28(35)20-10-11-21-29(31)36(24-15-5-2-6-16-24)32-25-17-7-12-22-30(25)37-33(32)34/h1-10,12-22H,11H2. The molecule has 8 rings (SSSR count). The summed E-state index contributed by atoms with van der Waals surface area (Å²) in [6.45, 7) is 0.188. The van der Waals surface area contributed by atoms with Crippen molar-refractivity contribution >= 4 is 61.1 Å². The van der Waals surface area contributed by atoms with E-state index in [1.807, 2.05) is 11.3 Å². The number of anilines is 4. The number of fused-ring (bicyclic) bond motifs is 6. The molecule has 0 bridgehead atoms. The van der Waals surface area contributed by atoms with Crippen LogP contribution in [0.1, 0.15) is 6.42 Å². The Labute approximate surface area is 221 Å². The van der Waals surface area contributed by atoms with Gasteiger partial charge in [-0.05, 0) is 59.8 Å². The number of allylic oxidation sites excluding steroid dienone is 4. The van der Waals surface area contributed by atoms with Crippen LogP contribution in [0.25, 0.3) is 10.1 Å². The summed E-state index contributed by atoms with van der Waals surface area (Å²) in [5, 5.41) is 1.33. The third kappa shape index (κ3) is 3.00. The summed E-state index contributed by atoms with van der Waals surface area (Å²) in [6, 6.07) is 39.5. The fourth-order valence-corrected chi connectivity index (χ4v) is 7.50. The van der Waals surface area contributed by atoms with Crippen LogP contribution in [0.2, 0.25) is 0 Å². The lowest BCUT2D eigenvalue weighted by Gasteiger charge is -2.44. The third-order valence-electron chi connectivity index (χ3n) is 7.64. The molecule has 5 aromatic rings. The highest BCUT2D eigenvalue weighted by molar-refractivity contribution is 7.32. The Balaban J connectivity index is 1.52. The van der Waals surface area contributed by atoms with Gasteiger partial charge in [0, 0.05) is 43.3 Å². The number of hydrogen-bond acceptors (Lipinski definition) is 3. The Morgan fingerprint density at radius 3 is 2.16 bits per heavy atom. The minimum Gasteiger partial charge on any atom is -0.311 e. The van der Waals surface area contributed by atoms with Gasteiger partial charge in [0.25, 0.3) is 6.71 Å². The van der Waals surface area contributed by atoms with Crippen LogP contribution in [0, 0.1) is 0 Å². The highest BCUT2D eigenvalue weighted by Crippen LogP contribution is 2.48. The highest BCUT2D eigenvalue weighted by Gasteiger charge is 2.46. The van der Waals surface area contributed by atoms with E-state index in [0.29, 0.717) is 0 Å². The lowest BCUT2D eigenvalue weighted by molar-refractivity contribution is 1.13. The maximum atomic E-state index is 2.52. The molecule has 4 aromatic carbocycles. The molecule has 0 radical (unpaired) electrons. The van der Waals surface area contributed by atoms with E-state index in [9.17, 15) is 0 Å². The molecule has 37 heavy (non-hydrogen) atoms. The van der Waals surface area contributed by atoms with Crippen molar-refractivity contribution in [3.63, 3.8) is 0 Å². The van der Waals surface area contributed by atoms with Crippen LogP contribution in [-0.2, 0) is 0 Å². The predicted octanol–water partition coefficient (Wildman–Crippen LogP) is 7.45. The van der Waals surface area contributed by atoms with Crippen LogP contribution in [0.15, 0.2) is 144 Å². The first-order chi connectivity index (χ1) is 18.4. The van der Waals surface area contributed by atoms with Crippen molar-refractivity contribution in [2.24, 2.45) is 0 Å². The molecule has 0 saturated carbocycles. The molecule has 0 saturated heterocycles. The molecule has 0 atom stereocenters. The molecule has 0 unspecified atom stereocenters. The second-order valence-electron chi connectivity index (χ2n) is 9.67. The molecule has 2 aliphatic heterocycles. The van der Waals surface area contributed by atoms with E-state index in [-0.39, 0.29) is 6.71 Å². The number of nitrogens with zero attached hydrogens (tertiary/aromatic N) is 2. The summed E-state index contributed by atoms with van der Waals surface area (Å²) in [5.41, 5.74) is 10.3. The fourth-order valence-electron chi connectivity index (χ4n) is 6.18. The second-order valence-corrected chi connectivity index (χ2v) is 10.8. The first-order valence-corrected chi connectivity index (χ1v) is 13.6. The number of benzene rings is 4. The van der Waals surface area contributed by atoms with Crippen molar-refractivity contribution in [1.82, 2.24) is 0 Å². The van der Waals surface area contributed by atoms with Crippen molar-refractivity contribution in [2.45, 2.75) is 6.42 Å². The maximum absolute atomic E-state index is 2.52. The number of hydrogen-bond donors (Lipinski definition) is 0. The lowest BCUT2D eigenvalue weighted by atomic mass is 9.35. The molecule has 3 heterocycles. The van der Waals surface area contributed by atoms with Gasteiger partial charge in [-0.2, -0.15) is 0 Å². The summed E-state index contributed by atoms with van der Waals surface area (Å²) in [7, 11) is 0. The molecule has 3 aliphatic rings. The van der Waals surface area contributed by atoms with Gasteiger partial charge in [0.1, 0.15) is 0 Å². The number of thiophene rings is 1. The van der Waals surface area contributed by atoms with E-state index in [2.05, 4.69) is 137 Å². The van der Waals surface area contributed by atoms with Gasteiger partial charge in [-0.25, -0.2) is 0 Å². The van der Waals surface area contributed by atoms with Gasteiger partial charge in [-0.3, -0.25) is 0 Å². The predicted molar refractivity (Wildman–Crippen MR) is 159 cm³/mol. The Morgan fingerprint density at radius 2 is 1.35 bits per heavy atom. The third-order valence-corrected chi connectivity index (χ3v) is 8.87. The summed E-state index contributed by atoms with van der Waals surface area (Å²) >= 11 is 1.94. The Bertz CT molecular complexity index is 1760. The number of rotatable bonds is 2. The normalized spacial score (nSPS) is 15.8. The van der Waals surface area contributed by atoms with E-state index in [1.165, 1.54) is 59.9 Å². The first kappa shape index (κ1) is 20.9. The van der Waals surface area contributed by atoms with Gasteiger partial charge in [0.2, 0.25) is 0 Å². The molecular weight excluding hydrogens is 467 g/mol. The maximum Gasteiger partial charge on any atom is 0.264 e. The van der Waals surface area contributed by atoms with E-state index in [1.54, 1.807) is 0 Å². The van der Waals surface area contributed by atoms with Crippen molar-refractivity contribution < 1.29 is 0 Å². The Hall–Kier alpha value is -4.28. The van der Waals surface area contributed by atoms with E-state index >= 15 is 0 Å². The minimum atomic E-state index is 0.188. The molecular formula is C33H23BN2S. The monoisotopic (exact) mass is 490 g/mol. The summed E-state index contributed by atoms with van der Waals surface area (Å²) in [4.78, 5) is 4.97. The molecule has 0 spiro atoms. The Morgan fingerprint density at radius 1 is 0.676 bits per heavy atom. The van der Waals surface area contributed by atoms with Crippen LogP contribution >= 0.6 is 11.3 Å². The Kier molecular flexibility index (Phi) is 4.58. The average Bonchev–Trinajstić information content (AvgIpc) is 3.21. The SMILES string of the molecule is C1=CC2=C3B(c4ccccc4N2c2ccccc2)c2sc4ccccc4c2N(c2ccccc2)C3=CC1. The topological polar surface area (TPSA) is 6.48 Å². The lowest BCUT2D eigenvalue weighted by Crippen LogP contribution is -2.55. The highest BCUT2D eigenvalue weighted by atomic mass is 32.1. The quantitative estimate of drug-likeness (QED) is 0.237. The van der Waals surface area contributed by atoms with Gasteiger partial charge in [0.05, 0.1) is 5.69 Å². The summed E-state index contributed by atoms with van der Waals surface area (Å²) < 4.78 is 2.76. The second kappa shape index (κ2) is 8.12. The van der Waals surface area contributed by atoms with Gasteiger partial charge in [-0.15, -0.1) is 11.3 Å². The minimum absolute atomic E-state index is 0.188. The van der Waals surface area contributed by atoms with Crippen LogP contribution in [0.5, 0.6) is 0 Å². The molecule has 174 valence electrons. The van der Waals surface area contributed by atoms with Crippen molar-refractivity contribution in [2.75, 3.05) is 9.80 Å². The van der Waals surface area contributed by atoms with E-state index in [4.69, 9.17) is 0 Å². The smallest absolute Gasteiger partial charge is 0.264 e. The summed E-state index contributed by atoms with van der Waals surface area (Å²) in [6.07, 6.45) is 7.97. The first-order valence-electron chi connectivity index (χ1n) is 12.8. The van der Waals surface area contributed by atoms with Gasteiger partial charge in [0.15, 0.2) is 0 Å². The number of para-hydroxylation sites is 3. The molecule has 0 N–H and O–H groups in total. The van der Waals surface area contributed by atoms with Crippen LogP contribution < -0.4 is 20.0 Å². The van der Waals surface area contributed by atoms with Gasteiger partial charge >= 0.3 is 0 Å². The molecule has 0 fully saturated rings. The largest absolute Gasteiger partial charge is 0.311 e. The zero-order chi connectivity index (χ0) is 24.3. The zero-order valence-electron chi connectivity index (χ0n) is 20.2. The van der Waals surface area contributed by atoms with Gasteiger partial charge < -0.3 is 9.80 Å². The molecule has 0 amide bonds. The van der Waals surface area contributed by atoms with E-state index in [0.717, 1.165) is 6.42 Å². The van der Waals surface area contributed by atoms with E-state index < -0.39 is 0 Å². The molecule has 1 aromatic heterocycles. The van der Waals surface area contributed by atoms with Gasteiger partial charge in [-0.1, -0.05) is 84.9 Å². The van der Waals surface area contributed by atoms with Crippen molar-refractivity contribution in [1.29, 1.82) is 0 Å². The molecule has 1 aliphatic carbocycles. The molecule has 2 nitrogen and oxygen atoms in total. The molecule has 4 heteroatoms. The average molecular weight is 490 g/mol. The van der Waals surface area contributed by atoms with Crippen molar-refractivity contribution in [3.05, 3.63) is 144 Å². The van der Waals surface area contributed by atoms with Crippen LogP contribution in [0.4, 0.5) is 22.7 Å². The van der Waals surface area contributed by atoms with Crippen LogP contribution in [0.3, 0.4) is 0 Å². The fraction of sp³-hybridized carbons (Fsp3) is 0.0303. The zero-order valence-corrected chi connectivity index (χ0v) is 21.0. The van der Waals surface area contributed by atoms with Crippen LogP contribution in [-0.4, -0.2) is 6.71 Å². The summed E-state index contributed by atoms with van der Waals surface area (Å²) in [5.74, 6) is 0.